The van der Waals surface area contributed by atoms with E-state index in [0.29, 0.717) is 17.9 Å². The lowest BCUT2D eigenvalue weighted by Crippen LogP contribution is -2.28. The number of urea groups is 1. The number of carboxylic acids is 1. The summed E-state index contributed by atoms with van der Waals surface area (Å²) < 4.78 is 52.9. The molecule has 0 saturated heterocycles. The van der Waals surface area contributed by atoms with E-state index in [1.807, 2.05) is 0 Å². The number of amides is 2. The number of thiazole rings is 1. The van der Waals surface area contributed by atoms with Crippen molar-refractivity contribution >= 4 is 29.2 Å². The Hall–Kier alpha value is -3.54. The number of carboxylic acid groups (broad SMARTS) is 1. The quantitative estimate of drug-likeness (QED) is 0.477. The smallest absolute Gasteiger partial charge is 0.434 e. The zero-order valence-electron chi connectivity index (χ0n) is 15.7. The number of carbonyl (C=O) groups excluding carboxylic acids is 1. The number of carbonyl (C=O) groups is 2. The maximum Gasteiger partial charge on any atom is 0.434 e. The maximum atomic E-state index is 13.8. The summed E-state index contributed by atoms with van der Waals surface area (Å²) in [7, 11) is 0. The van der Waals surface area contributed by atoms with Crippen molar-refractivity contribution in [2.24, 2.45) is 0 Å². The molecular formula is C19H14F4N4O3S. The number of hydrogen-bond donors (Lipinski definition) is 3. The number of aromatic carboxylic acids is 1. The number of anilines is 1. The molecular weight excluding hydrogens is 440 g/mol. The second-order valence-electron chi connectivity index (χ2n) is 6.14. The molecule has 3 N–H and O–H groups in total. The third kappa shape index (κ3) is 4.97. The highest BCUT2D eigenvalue weighted by atomic mass is 32.1. The van der Waals surface area contributed by atoms with E-state index >= 15 is 0 Å². The van der Waals surface area contributed by atoms with Crippen molar-refractivity contribution in [1.29, 1.82) is 0 Å². The van der Waals surface area contributed by atoms with Gasteiger partial charge in [-0.25, -0.2) is 23.9 Å². The first-order valence-corrected chi connectivity index (χ1v) is 9.59. The molecule has 2 amide bonds. The molecule has 0 bridgehead atoms. The van der Waals surface area contributed by atoms with Crippen LogP contribution >= 0.6 is 11.3 Å². The van der Waals surface area contributed by atoms with E-state index in [9.17, 15) is 27.2 Å². The molecule has 2 heterocycles. The number of benzene rings is 1. The van der Waals surface area contributed by atoms with E-state index < -0.39 is 35.3 Å². The summed E-state index contributed by atoms with van der Waals surface area (Å²) in [6.07, 6.45) is -3.42. The van der Waals surface area contributed by atoms with Crippen molar-refractivity contribution in [3.05, 3.63) is 52.9 Å². The van der Waals surface area contributed by atoms with Crippen molar-refractivity contribution in [2.75, 3.05) is 11.9 Å². The molecule has 7 nitrogen and oxygen atoms in total. The summed E-state index contributed by atoms with van der Waals surface area (Å²) in [4.78, 5) is 30.7. The second-order valence-corrected chi connectivity index (χ2v) is 6.99. The van der Waals surface area contributed by atoms with Gasteiger partial charge < -0.3 is 10.4 Å². The predicted molar refractivity (Wildman–Crippen MR) is 105 cm³/mol. The van der Waals surface area contributed by atoms with E-state index in [0.717, 1.165) is 17.5 Å². The normalized spacial score (nSPS) is 11.3. The highest BCUT2D eigenvalue weighted by Gasteiger charge is 2.34. The van der Waals surface area contributed by atoms with Crippen LogP contribution < -0.4 is 10.6 Å². The van der Waals surface area contributed by atoms with Gasteiger partial charge in [-0.05, 0) is 30.7 Å². The lowest BCUT2D eigenvalue weighted by atomic mass is 9.99. The number of aromatic nitrogens is 2. The molecule has 0 fully saturated rings. The van der Waals surface area contributed by atoms with Crippen LogP contribution in [0, 0.1) is 5.82 Å². The molecule has 12 heteroatoms. The second kappa shape index (κ2) is 8.68. The molecule has 31 heavy (non-hydrogen) atoms. The molecule has 0 saturated carbocycles. The Morgan fingerprint density at radius 2 is 1.94 bits per heavy atom. The summed E-state index contributed by atoms with van der Waals surface area (Å²) >= 11 is 0.712. The summed E-state index contributed by atoms with van der Waals surface area (Å²) in [6.45, 7) is 2.04. The first-order chi connectivity index (χ1) is 14.6. The van der Waals surface area contributed by atoms with Crippen molar-refractivity contribution in [3.63, 3.8) is 0 Å². The maximum absolute atomic E-state index is 13.8. The summed E-state index contributed by atoms with van der Waals surface area (Å²) in [5, 5.41) is 14.9. The lowest BCUT2D eigenvalue weighted by molar-refractivity contribution is -0.140. The fourth-order valence-corrected chi connectivity index (χ4v) is 3.49. The average molecular weight is 454 g/mol. The van der Waals surface area contributed by atoms with E-state index in [2.05, 4.69) is 20.6 Å². The molecule has 162 valence electrons. The van der Waals surface area contributed by atoms with Gasteiger partial charge >= 0.3 is 18.2 Å². The first kappa shape index (κ1) is 22.2. The van der Waals surface area contributed by atoms with Crippen molar-refractivity contribution in [2.45, 2.75) is 13.1 Å². The molecule has 3 rings (SSSR count). The van der Waals surface area contributed by atoms with Gasteiger partial charge in [0.2, 0.25) is 0 Å². The largest absolute Gasteiger partial charge is 0.478 e. The van der Waals surface area contributed by atoms with E-state index in [1.165, 1.54) is 18.3 Å². The number of pyridine rings is 1. The van der Waals surface area contributed by atoms with E-state index in [-0.39, 0.29) is 27.5 Å². The predicted octanol–water partition coefficient (Wildman–Crippen LogP) is 4.87. The van der Waals surface area contributed by atoms with Gasteiger partial charge in [-0.3, -0.25) is 5.32 Å². The molecule has 0 spiro atoms. The monoisotopic (exact) mass is 454 g/mol. The lowest BCUT2D eigenvalue weighted by Gasteiger charge is -2.12. The van der Waals surface area contributed by atoms with Crippen LogP contribution in [0.15, 0.2) is 35.8 Å². The fraction of sp³-hybridized carbons (Fsp3) is 0.158. The standard InChI is InChI=1S/C19H14F4N4O3S/c1-2-24-18(30)27-15-6-10(16-26-14(8-31-16)19(21,22)23)12(7-25-15)9-3-4-13(20)11(5-9)17(28)29/h3-8H,2H2,1H3,(H,28,29)(H2,24,25,27,30). The van der Waals surface area contributed by atoms with Gasteiger partial charge in [0, 0.05) is 29.2 Å². The topological polar surface area (TPSA) is 104 Å². The van der Waals surface area contributed by atoms with Crippen LogP contribution in [-0.2, 0) is 6.18 Å². The minimum atomic E-state index is -4.66. The fourth-order valence-electron chi connectivity index (χ4n) is 2.64. The van der Waals surface area contributed by atoms with E-state index in [4.69, 9.17) is 5.11 Å². The van der Waals surface area contributed by atoms with Crippen LogP contribution in [0.1, 0.15) is 23.0 Å². The molecule has 0 aliphatic rings. The Bertz CT molecular complexity index is 1150. The SMILES string of the molecule is CCNC(=O)Nc1cc(-c2nc(C(F)(F)F)cs2)c(-c2ccc(F)c(C(=O)O)c2)cn1. The number of hydrogen-bond acceptors (Lipinski definition) is 5. The Morgan fingerprint density at radius 1 is 1.19 bits per heavy atom. The van der Waals surface area contributed by atoms with Crippen LogP contribution in [0.4, 0.5) is 28.2 Å². The Kier molecular flexibility index (Phi) is 6.20. The van der Waals surface area contributed by atoms with Gasteiger partial charge in [0.25, 0.3) is 0 Å². The number of halogens is 4. The summed E-state index contributed by atoms with van der Waals surface area (Å²) in [5.41, 5.74) is -1.13. The molecule has 0 atom stereocenters. The van der Waals surface area contributed by atoms with Crippen LogP contribution in [0.2, 0.25) is 0 Å². The van der Waals surface area contributed by atoms with Crippen LogP contribution in [-0.4, -0.2) is 33.6 Å². The van der Waals surface area contributed by atoms with Gasteiger partial charge in [0.05, 0.1) is 5.56 Å². The highest BCUT2D eigenvalue weighted by molar-refractivity contribution is 7.13. The van der Waals surface area contributed by atoms with E-state index in [1.54, 1.807) is 6.92 Å². The van der Waals surface area contributed by atoms with Crippen molar-refractivity contribution in [1.82, 2.24) is 15.3 Å². The zero-order valence-corrected chi connectivity index (χ0v) is 16.6. The van der Waals surface area contributed by atoms with Crippen molar-refractivity contribution < 1.29 is 32.3 Å². The van der Waals surface area contributed by atoms with Crippen LogP contribution in [0.5, 0.6) is 0 Å². The van der Waals surface area contributed by atoms with Crippen LogP contribution in [0.25, 0.3) is 21.7 Å². The highest BCUT2D eigenvalue weighted by Crippen LogP contribution is 2.38. The molecule has 2 aromatic heterocycles. The number of alkyl halides is 3. The number of nitrogens with one attached hydrogen (secondary N) is 2. The first-order valence-electron chi connectivity index (χ1n) is 8.71. The zero-order chi connectivity index (χ0) is 22.8. The third-order valence-corrected chi connectivity index (χ3v) is 4.89. The molecule has 3 aromatic rings. The average Bonchev–Trinajstić information content (AvgIpc) is 3.19. The van der Waals surface area contributed by atoms with Gasteiger partial charge in [0.1, 0.15) is 16.6 Å². The number of nitrogens with zero attached hydrogens (tertiary/aromatic N) is 2. The Balaban J connectivity index is 2.15. The molecule has 0 radical (unpaired) electrons. The van der Waals surface area contributed by atoms with Gasteiger partial charge in [-0.2, -0.15) is 13.2 Å². The van der Waals surface area contributed by atoms with Gasteiger partial charge in [-0.15, -0.1) is 11.3 Å². The molecule has 1 aromatic carbocycles. The van der Waals surface area contributed by atoms with Crippen LogP contribution in [0.3, 0.4) is 0 Å². The minimum Gasteiger partial charge on any atom is -0.478 e. The Labute approximate surface area is 176 Å². The molecule has 0 aliphatic carbocycles. The number of rotatable bonds is 5. The summed E-state index contributed by atoms with van der Waals surface area (Å²) in [5.74, 6) is -2.43. The van der Waals surface area contributed by atoms with Gasteiger partial charge in [-0.1, -0.05) is 6.07 Å². The summed E-state index contributed by atoms with van der Waals surface area (Å²) in [6, 6.07) is 4.00. The Morgan fingerprint density at radius 3 is 2.55 bits per heavy atom. The molecule has 0 aliphatic heterocycles. The third-order valence-electron chi connectivity index (χ3n) is 4.02. The molecule has 0 unspecified atom stereocenters. The van der Waals surface area contributed by atoms with Gasteiger partial charge in [0.15, 0.2) is 5.69 Å². The van der Waals surface area contributed by atoms with Crippen molar-refractivity contribution in [3.8, 4) is 21.7 Å². The minimum absolute atomic E-state index is 0.0361.